The first-order valence-electron chi connectivity index (χ1n) is 12.0. The maximum Gasteiger partial charge on any atom is 0.407 e. The van der Waals surface area contributed by atoms with Crippen LogP contribution in [0.2, 0.25) is 0 Å². The summed E-state index contributed by atoms with van der Waals surface area (Å²) in [6.07, 6.45) is 1.83. The molecule has 0 saturated heterocycles. The van der Waals surface area contributed by atoms with Crippen LogP contribution in [0.1, 0.15) is 63.7 Å². The van der Waals surface area contributed by atoms with Gasteiger partial charge in [-0.25, -0.2) is 13.6 Å². The molecule has 0 aliphatic heterocycles. The molecule has 0 fully saturated rings. The smallest absolute Gasteiger partial charge is 0.407 e. The summed E-state index contributed by atoms with van der Waals surface area (Å²) in [5, 5.41) is 5.19. The first kappa shape index (κ1) is 32.0. The number of primary amides is 1. The van der Waals surface area contributed by atoms with Gasteiger partial charge in [0.25, 0.3) is 0 Å². The molecule has 0 saturated carbocycles. The molecule has 0 spiro atoms. The van der Waals surface area contributed by atoms with Crippen LogP contribution in [-0.4, -0.2) is 42.4 Å². The van der Waals surface area contributed by atoms with Crippen LogP contribution >= 0.6 is 0 Å². The monoisotopic (exact) mass is 535 g/mol. The lowest BCUT2D eigenvalue weighted by molar-refractivity contribution is -0.121. The van der Waals surface area contributed by atoms with E-state index in [0.717, 1.165) is 18.6 Å². The summed E-state index contributed by atoms with van der Waals surface area (Å²) in [6, 6.07) is 9.84. The van der Waals surface area contributed by atoms with Gasteiger partial charge in [-0.3, -0.25) is 14.4 Å². The van der Waals surface area contributed by atoms with Crippen molar-refractivity contribution >= 4 is 29.4 Å². The highest BCUT2D eigenvalue weighted by molar-refractivity contribution is 5.95. The average Bonchev–Trinajstić information content (AvgIpc) is 2.80. The maximum absolute atomic E-state index is 13.3. The fraction of sp³-hybridized carbons (Fsp3) is 0.407. The Morgan fingerprint density at radius 1 is 0.947 bits per heavy atom. The number of amides is 3. The molecule has 0 aliphatic rings. The Morgan fingerprint density at radius 2 is 1.58 bits per heavy atom. The summed E-state index contributed by atoms with van der Waals surface area (Å²) in [6.45, 7) is 6.85. The van der Waals surface area contributed by atoms with E-state index in [0.29, 0.717) is 30.6 Å². The van der Waals surface area contributed by atoms with Gasteiger partial charge in [0.05, 0.1) is 0 Å². The lowest BCUT2D eigenvalue weighted by Crippen LogP contribution is -2.33. The lowest BCUT2D eigenvalue weighted by atomic mass is 10.1. The standard InChI is InChI=1S/C18H25F2NO4.C9H10N2O2/c1-18(2,3)25-17(23)21-11-6-4-5-8-13(22)12-24-16-14(19)9-7-10-15(16)20;1-6(12)11-8-4-2-3-7(5-8)9(10)13/h7,9-10H,4-6,8,11-12H2,1-3H3,(H,21,23);2-5H,1H3,(H2,10,13)(H,11,12). The van der Waals surface area contributed by atoms with Crippen molar-refractivity contribution in [3.05, 3.63) is 59.7 Å². The van der Waals surface area contributed by atoms with E-state index in [4.69, 9.17) is 15.2 Å². The summed E-state index contributed by atoms with van der Waals surface area (Å²) < 4.78 is 36.7. The van der Waals surface area contributed by atoms with Gasteiger partial charge in [0.2, 0.25) is 11.8 Å². The number of anilines is 1. The molecule has 2 rings (SSSR count). The number of halogens is 2. The number of alkyl carbamates (subject to hydrolysis) is 1. The Kier molecular flexibility index (Phi) is 13.4. The number of benzene rings is 2. The number of ether oxygens (including phenoxy) is 2. The predicted octanol–water partition coefficient (Wildman–Crippen LogP) is 4.74. The van der Waals surface area contributed by atoms with Crippen LogP contribution < -0.4 is 21.1 Å². The maximum atomic E-state index is 13.3. The predicted molar refractivity (Wildman–Crippen MR) is 139 cm³/mol. The van der Waals surface area contributed by atoms with Gasteiger partial charge in [0.1, 0.15) is 12.2 Å². The van der Waals surface area contributed by atoms with Crippen LogP contribution in [0.5, 0.6) is 5.75 Å². The summed E-state index contributed by atoms with van der Waals surface area (Å²) in [7, 11) is 0. The molecular formula is C27H35F2N3O6. The Bertz CT molecular complexity index is 1080. The molecule has 11 heteroatoms. The number of para-hydroxylation sites is 1. The van der Waals surface area contributed by atoms with E-state index in [1.807, 2.05) is 0 Å². The number of rotatable bonds is 11. The van der Waals surface area contributed by atoms with Crippen LogP contribution in [0.15, 0.2) is 42.5 Å². The number of carbonyl (C=O) groups is 4. The molecule has 208 valence electrons. The molecule has 0 unspecified atom stereocenters. The normalized spacial score (nSPS) is 10.5. The van der Waals surface area contributed by atoms with E-state index < -0.39 is 35.0 Å². The highest BCUT2D eigenvalue weighted by atomic mass is 19.1. The molecule has 0 heterocycles. The summed E-state index contributed by atoms with van der Waals surface area (Å²) in [5.74, 6) is -3.11. The molecule has 0 aliphatic carbocycles. The SMILES string of the molecule is CC(=O)Nc1cccc(C(N)=O)c1.CC(C)(C)OC(=O)NCCCCCC(=O)COc1c(F)cccc1F. The first-order chi connectivity index (χ1) is 17.8. The molecule has 0 aromatic heterocycles. The van der Waals surface area contributed by atoms with Gasteiger partial charge in [0.15, 0.2) is 23.2 Å². The largest absolute Gasteiger partial charge is 0.480 e. The van der Waals surface area contributed by atoms with Crippen LogP contribution in [0.3, 0.4) is 0 Å². The van der Waals surface area contributed by atoms with Crippen molar-refractivity contribution in [3.63, 3.8) is 0 Å². The van der Waals surface area contributed by atoms with Gasteiger partial charge in [-0.15, -0.1) is 0 Å². The number of hydrogen-bond acceptors (Lipinski definition) is 6. The fourth-order valence-corrected chi connectivity index (χ4v) is 2.93. The third kappa shape index (κ3) is 13.9. The van der Waals surface area contributed by atoms with Gasteiger partial charge >= 0.3 is 6.09 Å². The number of carbonyl (C=O) groups excluding carboxylic acids is 4. The highest BCUT2D eigenvalue weighted by Crippen LogP contribution is 2.20. The Labute approximate surface area is 221 Å². The van der Waals surface area contributed by atoms with Crippen LogP contribution in [0, 0.1) is 11.6 Å². The van der Waals surface area contributed by atoms with Crippen molar-refractivity contribution in [3.8, 4) is 5.75 Å². The molecule has 0 bridgehead atoms. The average molecular weight is 536 g/mol. The van der Waals surface area contributed by atoms with E-state index >= 15 is 0 Å². The molecule has 3 amide bonds. The lowest BCUT2D eigenvalue weighted by Gasteiger charge is -2.19. The van der Waals surface area contributed by atoms with E-state index in [9.17, 15) is 28.0 Å². The quantitative estimate of drug-likeness (QED) is 0.356. The van der Waals surface area contributed by atoms with Crippen molar-refractivity contribution < 1.29 is 37.4 Å². The van der Waals surface area contributed by atoms with Crippen molar-refractivity contribution in [1.82, 2.24) is 5.32 Å². The van der Waals surface area contributed by atoms with Gasteiger partial charge in [-0.05, 0) is 63.9 Å². The molecule has 0 atom stereocenters. The number of unbranched alkanes of at least 4 members (excludes halogenated alkanes) is 2. The van der Waals surface area contributed by atoms with Crippen LogP contribution in [0.25, 0.3) is 0 Å². The number of ketones is 1. The Morgan fingerprint density at radius 3 is 2.16 bits per heavy atom. The zero-order valence-corrected chi connectivity index (χ0v) is 22.1. The third-order valence-corrected chi connectivity index (χ3v) is 4.56. The van der Waals surface area contributed by atoms with Gasteiger partial charge in [-0.1, -0.05) is 18.6 Å². The molecule has 2 aromatic carbocycles. The molecule has 4 N–H and O–H groups in total. The Hall–Kier alpha value is -4.02. The number of hydrogen-bond donors (Lipinski definition) is 3. The molecular weight excluding hydrogens is 500 g/mol. The second-order valence-electron chi connectivity index (χ2n) is 9.24. The van der Waals surface area contributed by atoms with Gasteiger partial charge < -0.3 is 25.8 Å². The van der Waals surface area contributed by atoms with E-state index in [2.05, 4.69) is 10.6 Å². The zero-order chi connectivity index (χ0) is 28.7. The van der Waals surface area contributed by atoms with Crippen LogP contribution in [0.4, 0.5) is 19.3 Å². The minimum atomic E-state index is -0.832. The van der Waals surface area contributed by atoms with Gasteiger partial charge in [0, 0.05) is 31.1 Å². The van der Waals surface area contributed by atoms with Crippen LogP contribution in [-0.2, 0) is 14.3 Å². The van der Waals surface area contributed by atoms with Crippen molar-refractivity contribution in [2.45, 2.75) is 59.0 Å². The summed E-state index contributed by atoms with van der Waals surface area (Å²) >= 11 is 0. The van der Waals surface area contributed by atoms with E-state index in [1.54, 1.807) is 39.0 Å². The molecule has 38 heavy (non-hydrogen) atoms. The van der Waals surface area contributed by atoms with Crippen molar-refractivity contribution in [2.24, 2.45) is 5.73 Å². The number of Topliss-reactive ketones (excluding diaryl/α,β-unsaturated/α-hetero) is 1. The second kappa shape index (κ2) is 16.0. The van der Waals surface area contributed by atoms with Crippen molar-refractivity contribution in [2.75, 3.05) is 18.5 Å². The van der Waals surface area contributed by atoms with E-state index in [-0.39, 0.29) is 24.7 Å². The Balaban J connectivity index is 0.000000464. The number of nitrogens with two attached hydrogens (primary N) is 1. The molecule has 0 radical (unpaired) electrons. The minimum absolute atomic E-state index is 0.179. The first-order valence-corrected chi connectivity index (χ1v) is 12.0. The summed E-state index contributed by atoms with van der Waals surface area (Å²) in [4.78, 5) is 44.5. The third-order valence-electron chi connectivity index (χ3n) is 4.56. The molecule has 9 nitrogen and oxygen atoms in total. The summed E-state index contributed by atoms with van der Waals surface area (Å²) in [5.41, 5.74) is 5.48. The second-order valence-corrected chi connectivity index (χ2v) is 9.24. The van der Waals surface area contributed by atoms with E-state index in [1.165, 1.54) is 19.1 Å². The van der Waals surface area contributed by atoms with Gasteiger partial charge in [-0.2, -0.15) is 0 Å². The number of nitrogens with one attached hydrogen (secondary N) is 2. The minimum Gasteiger partial charge on any atom is -0.480 e. The highest BCUT2D eigenvalue weighted by Gasteiger charge is 2.15. The molecule has 2 aromatic rings. The van der Waals surface area contributed by atoms with Crippen molar-refractivity contribution in [1.29, 1.82) is 0 Å². The fourth-order valence-electron chi connectivity index (χ4n) is 2.93. The zero-order valence-electron chi connectivity index (χ0n) is 22.1. The topological polar surface area (TPSA) is 137 Å².